The summed E-state index contributed by atoms with van der Waals surface area (Å²) in [6, 6.07) is 18.3. The third-order valence-corrected chi connectivity index (χ3v) is 10.5. The normalized spacial score (nSPS) is 18.2. The van der Waals surface area contributed by atoms with Crippen LogP contribution in [0.25, 0.3) is 0 Å². The number of benzene rings is 3. The summed E-state index contributed by atoms with van der Waals surface area (Å²) < 4.78 is 5.28. The van der Waals surface area contributed by atoms with Crippen LogP contribution in [0.15, 0.2) is 72.8 Å². The smallest absolute Gasteiger partial charge is 0.326 e. The quantitative estimate of drug-likeness (QED) is 0.158. The SMILES string of the molecule is COc1ccc(C[C@@H]2C(=O)N(c3ccc(CC(NC(=O)C4(CCNC(C)=O)CCCC4)C(=O)O)cc3)C(c3ccc(Cl)cc3)N2C(=O)CCC(=O)O)cc1. The van der Waals surface area contributed by atoms with Crippen molar-refractivity contribution in [2.24, 2.45) is 5.41 Å². The fourth-order valence-electron chi connectivity index (χ4n) is 7.39. The minimum absolute atomic E-state index is 0.0302. The van der Waals surface area contributed by atoms with Gasteiger partial charge in [0.25, 0.3) is 5.91 Å². The molecule has 5 rings (SSSR count). The second-order valence-corrected chi connectivity index (χ2v) is 14.3. The van der Waals surface area contributed by atoms with Crippen LogP contribution in [0, 0.1) is 5.41 Å². The van der Waals surface area contributed by atoms with Gasteiger partial charge >= 0.3 is 11.9 Å². The number of aliphatic carboxylic acids is 2. The van der Waals surface area contributed by atoms with Crippen LogP contribution in [0.5, 0.6) is 5.75 Å². The number of carbonyl (C=O) groups excluding carboxylic acids is 4. The van der Waals surface area contributed by atoms with Crippen LogP contribution in [0.1, 0.15) is 74.7 Å². The molecule has 1 aliphatic heterocycles. The molecule has 0 aromatic heterocycles. The first-order valence-corrected chi connectivity index (χ1v) is 18.3. The summed E-state index contributed by atoms with van der Waals surface area (Å²) in [5.74, 6) is -3.17. The molecule has 1 heterocycles. The number of anilines is 1. The number of nitrogens with zero attached hydrogens (tertiary/aromatic N) is 2. The molecule has 3 atom stereocenters. The zero-order valence-electron chi connectivity index (χ0n) is 30.3. The Morgan fingerprint density at radius 2 is 1.54 bits per heavy atom. The highest BCUT2D eigenvalue weighted by molar-refractivity contribution is 6.30. The number of carboxylic acids is 2. The van der Waals surface area contributed by atoms with E-state index in [-0.39, 0.29) is 37.0 Å². The molecule has 2 fully saturated rings. The fraction of sp³-hybridized carbons (Fsp3) is 0.400. The number of methoxy groups -OCH3 is 1. The molecule has 4 amide bonds. The zero-order chi connectivity index (χ0) is 39.0. The summed E-state index contributed by atoms with van der Waals surface area (Å²) >= 11 is 6.22. The predicted octanol–water partition coefficient (Wildman–Crippen LogP) is 4.90. The average Bonchev–Trinajstić information content (AvgIpc) is 3.74. The van der Waals surface area contributed by atoms with Gasteiger partial charge in [0, 0.05) is 43.4 Å². The van der Waals surface area contributed by atoms with Crippen LogP contribution in [-0.2, 0) is 41.6 Å². The van der Waals surface area contributed by atoms with Gasteiger partial charge in [0.15, 0.2) is 0 Å². The van der Waals surface area contributed by atoms with Gasteiger partial charge in [-0.3, -0.25) is 28.9 Å². The Balaban J connectivity index is 1.44. The van der Waals surface area contributed by atoms with E-state index in [0.717, 1.165) is 18.4 Å². The van der Waals surface area contributed by atoms with E-state index < -0.39 is 47.9 Å². The maximum absolute atomic E-state index is 14.5. The maximum Gasteiger partial charge on any atom is 0.326 e. The van der Waals surface area contributed by atoms with E-state index >= 15 is 0 Å². The Hall–Kier alpha value is -5.43. The lowest BCUT2D eigenvalue weighted by Crippen LogP contribution is -2.49. The third kappa shape index (κ3) is 9.37. The summed E-state index contributed by atoms with van der Waals surface area (Å²) in [6.45, 7) is 1.72. The molecule has 286 valence electrons. The summed E-state index contributed by atoms with van der Waals surface area (Å²) in [5, 5.41) is 25.5. The highest BCUT2D eigenvalue weighted by Gasteiger charge is 2.49. The first-order valence-electron chi connectivity index (χ1n) is 17.9. The van der Waals surface area contributed by atoms with Gasteiger partial charge in [-0.05, 0) is 72.4 Å². The minimum Gasteiger partial charge on any atom is -0.497 e. The number of ether oxygens (including phenoxy) is 1. The summed E-state index contributed by atoms with van der Waals surface area (Å²) in [5.41, 5.74) is 1.59. The topological polar surface area (TPSA) is 183 Å². The van der Waals surface area contributed by atoms with E-state index in [0.29, 0.717) is 53.4 Å². The van der Waals surface area contributed by atoms with Crippen molar-refractivity contribution < 1.29 is 43.7 Å². The van der Waals surface area contributed by atoms with E-state index in [1.807, 2.05) is 0 Å². The highest BCUT2D eigenvalue weighted by atomic mass is 35.5. The molecule has 13 nitrogen and oxygen atoms in total. The molecule has 1 saturated heterocycles. The molecule has 14 heteroatoms. The molecular formula is C40H45ClN4O9. The van der Waals surface area contributed by atoms with E-state index in [1.54, 1.807) is 79.9 Å². The molecule has 54 heavy (non-hydrogen) atoms. The van der Waals surface area contributed by atoms with Gasteiger partial charge in [0.2, 0.25) is 17.7 Å². The predicted molar refractivity (Wildman–Crippen MR) is 200 cm³/mol. The number of amides is 4. The second kappa shape index (κ2) is 17.6. The molecule has 0 bridgehead atoms. The third-order valence-electron chi connectivity index (χ3n) is 10.2. The average molecular weight is 761 g/mol. The summed E-state index contributed by atoms with van der Waals surface area (Å²) in [4.78, 5) is 80.2. The minimum atomic E-state index is -1.23. The lowest BCUT2D eigenvalue weighted by Gasteiger charge is -2.32. The van der Waals surface area contributed by atoms with Crippen LogP contribution in [0.3, 0.4) is 0 Å². The molecule has 3 aromatic carbocycles. The number of nitrogens with one attached hydrogen (secondary N) is 2. The van der Waals surface area contributed by atoms with Crippen LogP contribution in [-0.4, -0.2) is 76.4 Å². The molecule has 1 aliphatic carbocycles. The van der Waals surface area contributed by atoms with E-state index in [9.17, 15) is 39.0 Å². The van der Waals surface area contributed by atoms with Gasteiger partial charge < -0.3 is 30.5 Å². The molecule has 4 N–H and O–H groups in total. The van der Waals surface area contributed by atoms with Gasteiger partial charge in [-0.2, -0.15) is 0 Å². The van der Waals surface area contributed by atoms with E-state index in [1.165, 1.54) is 16.7 Å². The number of carbonyl (C=O) groups is 6. The van der Waals surface area contributed by atoms with Crippen LogP contribution in [0.4, 0.5) is 5.69 Å². The van der Waals surface area contributed by atoms with Crippen molar-refractivity contribution in [3.05, 3.63) is 94.5 Å². The highest BCUT2D eigenvalue weighted by Crippen LogP contribution is 2.42. The Bertz CT molecular complexity index is 1840. The number of rotatable bonds is 16. The summed E-state index contributed by atoms with van der Waals surface area (Å²) in [7, 11) is 1.54. The fourth-order valence-corrected chi connectivity index (χ4v) is 7.52. The molecule has 0 spiro atoms. The number of hydrogen-bond donors (Lipinski definition) is 4. The van der Waals surface area contributed by atoms with Crippen molar-refractivity contribution in [1.29, 1.82) is 0 Å². The molecular weight excluding hydrogens is 716 g/mol. The van der Waals surface area contributed by atoms with Crippen molar-refractivity contribution in [2.75, 3.05) is 18.6 Å². The van der Waals surface area contributed by atoms with Crippen LogP contribution in [0.2, 0.25) is 5.02 Å². The summed E-state index contributed by atoms with van der Waals surface area (Å²) in [6.07, 6.45) is 1.72. The van der Waals surface area contributed by atoms with Gasteiger partial charge in [-0.1, -0.05) is 60.8 Å². The first-order chi connectivity index (χ1) is 25.8. The lowest BCUT2D eigenvalue weighted by atomic mass is 9.81. The van der Waals surface area contributed by atoms with Crippen molar-refractivity contribution in [3.63, 3.8) is 0 Å². The van der Waals surface area contributed by atoms with Crippen molar-refractivity contribution in [1.82, 2.24) is 15.5 Å². The standard InChI is InChI=1S/C40H45ClN4O9/c1-25(46)42-22-21-40(19-3-4-20-40)39(53)43-32(38(51)52)23-26-5-13-30(14-6-26)44-36(28-9-11-29(41)12-10-28)45(34(47)17-18-35(48)49)33(37(44)50)24-27-7-15-31(54-2)16-8-27/h5-16,32-33,36H,3-4,17-24H2,1-2H3,(H,42,46)(H,43,53)(H,48,49)(H,51,52)/t32?,33-,36?/m1/s1. The maximum atomic E-state index is 14.5. The first kappa shape index (κ1) is 39.8. The number of halogens is 1. The molecule has 2 unspecified atom stereocenters. The Kier molecular flexibility index (Phi) is 13.0. The molecule has 1 saturated carbocycles. The van der Waals surface area contributed by atoms with Gasteiger partial charge in [-0.25, -0.2) is 4.79 Å². The lowest BCUT2D eigenvalue weighted by molar-refractivity contribution is -0.144. The zero-order valence-corrected chi connectivity index (χ0v) is 31.0. The molecule has 3 aromatic rings. The molecule has 2 aliphatic rings. The largest absolute Gasteiger partial charge is 0.497 e. The van der Waals surface area contributed by atoms with Gasteiger partial charge in [0.1, 0.15) is 24.0 Å². The van der Waals surface area contributed by atoms with E-state index in [4.69, 9.17) is 16.3 Å². The van der Waals surface area contributed by atoms with Crippen molar-refractivity contribution in [3.8, 4) is 5.75 Å². The van der Waals surface area contributed by atoms with Gasteiger partial charge in [0.05, 0.1) is 18.9 Å². The van der Waals surface area contributed by atoms with Gasteiger partial charge in [-0.15, -0.1) is 0 Å². The van der Waals surface area contributed by atoms with Crippen molar-refractivity contribution >= 4 is 52.9 Å². The molecule has 0 radical (unpaired) electrons. The Labute approximate surface area is 318 Å². The van der Waals surface area contributed by atoms with E-state index in [2.05, 4.69) is 10.6 Å². The second-order valence-electron chi connectivity index (χ2n) is 13.9. The monoisotopic (exact) mass is 760 g/mol. The van der Waals surface area contributed by atoms with Crippen LogP contribution < -0.4 is 20.3 Å². The number of carboxylic acid groups (broad SMARTS) is 2. The van der Waals surface area contributed by atoms with Crippen LogP contribution >= 0.6 is 11.6 Å². The Morgan fingerprint density at radius 3 is 2.11 bits per heavy atom. The Morgan fingerprint density at radius 1 is 0.907 bits per heavy atom. The van der Waals surface area contributed by atoms with Crippen molar-refractivity contribution in [2.45, 2.75) is 83.0 Å². The number of hydrogen-bond acceptors (Lipinski definition) is 7.